The molecule has 3 aromatic rings. The van der Waals surface area contributed by atoms with Gasteiger partial charge in [0, 0.05) is 69.2 Å². The highest BCUT2D eigenvalue weighted by Gasteiger charge is 2.22. The minimum absolute atomic E-state index is 0.0432. The number of halogens is 1. The first-order valence-electron chi connectivity index (χ1n) is 12.6. The van der Waals surface area contributed by atoms with Gasteiger partial charge in [0.05, 0.1) is 12.6 Å². The molecule has 37 heavy (non-hydrogen) atoms. The normalized spacial score (nSPS) is 14.2. The zero-order valence-electron chi connectivity index (χ0n) is 21.5. The molecule has 0 aliphatic carbocycles. The predicted octanol–water partition coefficient (Wildman–Crippen LogP) is 2.96. The molecule has 198 valence electrons. The second-order valence-corrected chi connectivity index (χ2v) is 9.41. The van der Waals surface area contributed by atoms with Crippen molar-refractivity contribution < 1.29 is 14.3 Å². The van der Waals surface area contributed by atoms with Crippen LogP contribution in [0.25, 0.3) is 11.2 Å². The number of amides is 2. The van der Waals surface area contributed by atoms with E-state index in [-0.39, 0.29) is 30.3 Å². The lowest BCUT2D eigenvalue weighted by molar-refractivity contribution is -0.134. The number of benzene rings is 1. The van der Waals surface area contributed by atoms with Crippen LogP contribution < -0.4 is 15.7 Å². The van der Waals surface area contributed by atoms with Crippen LogP contribution in [-0.2, 0) is 29.2 Å². The summed E-state index contributed by atoms with van der Waals surface area (Å²) < 4.78 is 8.67. The molecule has 11 heteroatoms. The van der Waals surface area contributed by atoms with Gasteiger partial charge >= 0.3 is 5.69 Å². The summed E-state index contributed by atoms with van der Waals surface area (Å²) >= 11 is 6.14. The van der Waals surface area contributed by atoms with Gasteiger partial charge in [-0.15, -0.1) is 0 Å². The largest absolute Gasteiger partial charge is 0.496 e. The van der Waals surface area contributed by atoms with Crippen LogP contribution in [0.15, 0.2) is 35.1 Å². The predicted molar refractivity (Wildman–Crippen MR) is 143 cm³/mol. The number of imidazole rings is 1. The summed E-state index contributed by atoms with van der Waals surface area (Å²) in [5, 5.41) is 3.43. The number of fused-ring (bicyclic) bond motifs is 1. The SMILES string of the molecule is CCn1c(=O)n(CC)c2nc(NC(=O)CCC(=O)N3CCN(Cc4cc(Cl)ccc4OC)CC3)ccc21. The molecule has 4 rings (SSSR count). The van der Waals surface area contributed by atoms with Crippen LogP contribution in [0.2, 0.25) is 5.02 Å². The molecular weight excluding hydrogens is 496 g/mol. The average molecular weight is 529 g/mol. The van der Waals surface area contributed by atoms with Crippen LogP contribution in [0.1, 0.15) is 32.3 Å². The van der Waals surface area contributed by atoms with Crippen molar-refractivity contribution in [2.75, 3.05) is 38.6 Å². The third-order valence-electron chi connectivity index (χ3n) is 6.69. The van der Waals surface area contributed by atoms with Gasteiger partial charge in [-0.25, -0.2) is 9.78 Å². The van der Waals surface area contributed by atoms with Gasteiger partial charge in [0.1, 0.15) is 11.6 Å². The summed E-state index contributed by atoms with van der Waals surface area (Å²) in [5.41, 5.74) is 2.17. The lowest BCUT2D eigenvalue weighted by atomic mass is 10.1. The van der Waals surface area contributed by atoms with Crippen molar-refractivity contribution in [2.45, 2.75) is 46.3 Å². The molecule has 0 bridgehead atoms. The summed E-state index contributed by atoms with van der Waals surface area (Å²) in [7, 11) is 1.64. The Labute approximate surface area is 220 Å². The molecule has 1 N–H and O–H groups in total. The summed E-state index contributed by atoms with van der Waals surface area (Å²) in [5.74, 6) is 0.833. The van der Waals surface area contributed by atoms with Crippen LogP contribution in [-0.4, -0.2) is 69.0 Å². The van der Waals surface area contributed by atoms with E-state index in [1.807, 2.05) is 26.0 Å². The Bertz CT molecular complexity index is 1340. The minimum Gasteiger partial charge on any atom is -0.496 e. The molecule has 1 fully saturated rings. The number of piperazine rings is 1. The standard InChI is InChI=1S/C26H33ClN6O4/c1-4-32-20-7-9-22(29-25(20)33(5-2)26(32)36)28-23(34)10-11-24(35)31-14-12-30(13-15-31)17-18-16-19(27)6-8-21(18)37-3/h6-9,16H,4-5,10-15,17H2,1-3H3,(H,28,29,34). The van der Waals surface area contributed by atoms with E-state index in [9.17, 15) is 14.4 Å². The first kappa shape index (κ1) is 26.7. The number of anilines is 1. The van der Waals surface area contributed by atoms with E-state index >= 15 is 0 Å². The van der Waals surface area contributed by atoms with Gasteiger partial charge in [0.2, 0.25) is 11.8 Å². The van der Waals surface area contributed by atoms with E-state index < -0.39 is 0 Å². The molecule has 0 atom stereocenters. The topological polar surface area (TPSA) is 102 Å². The highest BCUT2D eigenvalue weighted by molar-refractivity contribution is 6.30. The van der Waals surface area contributed by atoms with Crippen molar-refractivity contribution in [1.82, 2.24) is 23.9 Å². The van der Waals surface area contributed by atoms with Crippen molar-refractivity contribution in [3.8, 4) is 5.75 Å². The maximum Gasteiger partial charge on any atom is 0.330 e. The molecule has 10 nitrogen and oxygen atoms in total. The fourth-order valence-corrected chi connectivity index (χ4v) is 4.90. The van der Waals surface area contributed by atoms with Crippen molar-refractivity contribution in [3.63, 3.8) is 0 Å². The lowest BCUT2D eigenvalue weighted by Crippen LogP contribution is -2.48. The summed E-state index contributed by atoms with van der Waals surface area (Å²) in [6, 6.07) is 9.04. The third kappa shape index (κ3) is 5.97. The van der Waals surface area contributed by atoms with Crippen molar-refractivity contribution >= 4 is 40.4 Å². The van der Waals surface area contributed by atoms with E-state index in [2.05, 4.69) is 15.2 Å². The molecule has 1 aliphatic rings. The highest BCUT2D eigenvalue weighted by atomic mass is 35.5. The molecule has 0 unspecified atom stereocenters. The number of hydrogen-bond acceptors (Lipinski definition) is 6. The van der Waals surface area contributed by atoms with Crippen LogP contribution in [0.5, 0.6) is 5.75 Å². The Balaban J connectivity index is 1.27. The van der Waals surface area contributed by atoms with E-state index in [1.165, 1.54) is 0 Å². The third-order valence-corrected chi connectivity index (χ3v) is 6.93. The average Bonchev–Trinajstić information content (AvgIpc) is 3.17. The fourth-order valence-electron chi connectivity index (χ4n) is 4.70. The molecule has 0 radical (unpaired) electrons. The van der Waals surface area contributed by atoms with E-state index in [0.717, 1.165) is 29.9 Å². The Morgan fingerprint density at radius 1 is 1.03 bits per heavy atom. The van der Waals surface area contributed by atoms with Gasteiger partial charge in [-0.1, -0.05) is 11.6 Å². The second kappa shape index (κ2) is 11.8. The molecule has 0 saturated carbocycles. The van der Waals surface area contributed by atoms with Gasteiger partial charge in [0.15, 0.2) is 5.65 Å². The Kier molecular flexibility index (Phi) is 8.50. The summed E-state index contributed by atoms with van der Waals surface area (Å²) in [6.45, 7) is 8.18. The summed E-state index contributed by atoms with van der Waals surface area (Å²) in [4.78, 5) is 46.3. The molecule has 2 amide bonds. The van der Waals surface area contributed by atoms with Gasteiger partial charge in [-0.2, -0.15) is 0 Å². The Hall–Kier alpha value is -3.37. The molecule has 1 saturated heterocycles. The number of carbonyl (C=O) groups excluding carboxylic acids is 2. The number of nitrogens with zero attached hydrogens (tertiary/aromatic N) is 5. The lowest BCUT2D eigenvalue weighted by Gasteiger charge is -2.35. The number of nitrogens with one attached hydrogen (secondary N) is 1. The Morgan fingerprint density at radius 3 is 2.43 bits per heavy atom. The number of hydrogen-bond donors (Lipinski definition) is 1. The number of methoxy groups -OCH3 is 1. The van der Waals surface area contributed by atoms with Gasteiger partial charge in [-0.3, -0.25) is 23.6 Å². The number of carbonyl (C=O) groups is 2. The zero-order valence-corrected chi connectivity index (χ0v) is 22.3. The van der Waals surface area contributed by atoms with Crippen LogP contribution in [0.3, 0.4) is 0 Å². The molecule has 0 spiro atoms. The molecule has 3 heterocycles. The molecule has 2 aromatic heterocycles. The van der Waals surface area contributed by atoms with Crippen molar-refractivity contribution in [3.05, 3.63) is 51.4 Å². The van der Waals surface area contributed by atoms with Crippen molar-refractivity contribution in [1.29, 1.82) is 0 Å². The van der Waals surface area contributed by atoms with Gasteiger partial charge in [-0.05, 0) is 44.2 Å². The van der Waals surface area contributed by atoms with Gasteiger partial charge in [0.25, 0.3) is 0 Å². The number of ether oxygens (including phenoxy) is 1. The van der Waals surface area contributed by atoms with E-state index in [1.54, 1.807) is 39.3 Å². The van der Waals surface area contributed by atoms with Crippen LogP contribution in [0.4, 0.5) is 5.82 Å². The second-order valence-electron chi connectivity index (χ2n) is 8.97. The molecule has 1 aromatic carbocycles. The number of aromatic nitrogens is 3. The first-order valence-corrected chi connectivity index (χ1v) is 12.9. The number of rotatable bonds is 9. The van der Waals surface area contributed by atoms with Gasteiger partial charge < -0.3 is 15.0 Å². The Morgan fingerprint density at radius 2 is 1.76 bits per heavy atom. The number of pyridine rings is 1. The summed E-state index contributed by atoms with van der Waals surface area (Å²) in [6.07, 6.45) is 0.192. The minimum atomic E-state index is -0.285. The van der Waals surface area contributed by atoms with Crippen LogP contribution >= 0.6 is 11.6 Å². The van der Waals surface area contributed by atoms with Crippen molar-refractivity contribution in [2.24, 2.45) is 0 Å². The molecular formula is C26H33ClN6O4. The van der Waals surface area contributed by atoms with Crippen LogP contribution in [0, 0.1) is 0 Å². The molecule has 1 aliphatic heterocycles. The smallest absolute Gasteiger partial charge is 0.330 e. The highest BCUT2D eigenvalue weighted by Crippen LogP contribution is 2.24. The monoisotopic (exact) mass is 528 g/mol. The quantitative estimate of drug-likeness (QED) is 0.458. The van der Waals surface area contributed by atoms with E-state index in [0.29, 0.717) is 49.2 Å². The zero-order chi connectivity index (χ0) is 26.5. The maximum absolute atomic E-state index is 12.7. The fraction of sp³-hybridized carbons (Fsp3) is 0.462. The number of aryl methyl sites for hydroxylation is 2. The van der Waals surface area contributed by atoms with E-state index in [4.69, 9.17) is 16.3 Å². The maximum atomic E-state index is 12.7. The first-order chi connectivity index (χ1) is 17.8.